The molecule has 5 rings (SSSR count). The number of thiazole rings is 1. The van der Waals surface area contributed by atoms with E-state index in [4.69, 9.17) is 26.7 Å². The van der Waals surface area contributed by atoms with Crippen molar-refractivity contribution in [3.05, 3.63) is 91.7 Å². The number of hydrogen-bond acceptors (Lipinski definition) is 8. The molecule has 0 aliphatic rings. The van der Waals surface area contributed by atoms with Crippen molar-refractivity contribution < 1.29 is 14.3 Å². The molecule has 0 atom stereocenters. The second-order valence-corrected chi connectivity index (χ2v) is 12.0. The number of carbonyl (C=O) groups excluding carboxylic acids is 1. The molecule has 41 heavy (non-hydrogen) atoms. The molecule has 2 heterocycles. The Bertz CT molecular complexity index is 1890. The molecule has 0 aliphatic carbocycles. The quantitative estimate of drug-likeness (QED) is 0.121. The molecule has 0 saturated carbocycles. The Balaban J connectivity index is 1.57. The monoisotopic (exact) mass is 604 g/mol. The molecule has 0 bridgehead atoms. The van der Waals surface area contributed by atoms with Gasteiger partial charge in [-0.2, -0.15) is 0 Å². The molecule has 0 radical (unpaired) electrons. The molecule has 0 saturated heterocycles. The van der Waals surface area contributed by atoms with E-state index in [0.29, 0.717) is 42.3 Å². The minimum absolute atomic E-state index is 0.00744. The van der Waals surface area contributed by atoms with Gasteiger partial charge in [0.15, 0.2) is 14.8 Å². The van der Waals surface area contributed by atoms with Crippen molar-refractivity contribution >= 4 is 57.3 Å². The maximum Gasteiger partial charge on any atom is 0.278 e. The first-order valence-corrected chi connectivity index (χ1v) is 14.9. The summed E-state index contributed by atoms with van der Waals surface area (Å²) in [6.45, 7) is 6.06. The fourth-order valence-corrected chi connectivity index (χ4v) is 6.37. The number of carbonyl (C=O) groups is 1. The Morgan fingerprint density at radius 3 is 2.37 bits per heavy atom. The molecule has 11 heteroatoms. The Morgan fingerprint density at radius 2 is 1.68 bits per heavy atom. The molecule has 0 unspecified atom stereocenters. The first-order valence-electron chi connectivity index (χ1n) is 12.7. The van der Waals surface area contributed by atoms with Gasteiger partial charge in [-0.05, 0) is 80.5 Å². The molecule has 0 spiro atoms. The highest BCUT2D eigenvalue weighted by Gasteiger charge is 2.20. The van der Waals surface area contributed by atoms with Crippen molar-refractivity contribution in [1.82, 2.24) is 14.1 Å². The summed E-state index contributed by atoms with van der Waals surface area (Å²) in [6, 6.07) is 18.8. The zero-order chi connectivity index (χ0) is 29.3. The van der Waals surface area contributed by atoms with Crippen LogP contribution in [0, 0.1) is 24.7 Å². The molecule has 0 aliphatic heterocycles. The maximum absolute atomic E-state index is 14.0. The van der Waals surface area contributed by atoms with Crippen LogP contribution in [0.2, 0.25) is 0 Å². The Labute approximate surface area is 250 Å². The molecule has 5 aromatic rings. The summed E-state index contributed by atoms with van der Waals surface area (Å²) >= 11 is 8.12. The minimum atomic E-state index is -0.278. The molecule has 2 aromatic heterocycles. The highest BCUT2D eigenvalue weighted by atomic mass is 32.2. The van der Waals surface area contributed by atoms with Crippen LogP contribution in [0.5, 0.6) is 11.5 Å². The number of amides is 1. The number of methoxy groups -OCH3 is 2. The average Bonchev–Trinajstić information content (AvgIpc) is 3.30. The van der Waals surface area contributed by atoms with E-state index < -0.39 is 0 Å². The summed E-state index contributed by atoms with van der Waals surface area (Å²) in [7, 11) is 3.09. The minimum Gasteiger partial charge on any atom is -0.497 e. The van der Waals surface area contributed by atoms with E-state index in [-0.39, 0.29) is 17.2 Å². The molecule has 0 fully saturated rings. The molecule has 8 nitrogen and oxygen atoms in total. The van der Waals surface area contributed by atoms with Gasteiger partial charge in [-0.3, -0.25) is 18.7 Å². The first kappa shape index (κ1) is 28.6. The number of aryl methyl sites for hydroxylation is 3. The number of aromatic nitrogens is 3. The van der Waals surface area contributed by atoms with Crippen molar-refractivity contribution in [2.75, 3.05) is 25.3 Å². The van der Waals surface area contributed by atoms with Crippen LogP contribution in [-0.4, -0.2) is 40.0 Å². The number of ether oxygens (including phenoxy) is 2. The van der Waals surface area contributed by atoms with Crippen molar-refractivity contribution in [2.24, 2.45) is 0 Å². The molecular formula is C30H28N4O4S3. The lowest BCUT2D eigenvalue weighted by molar-refractivity contribution is -0.113. The summed E-state index contributed by atoms with van der Waals surface area (Å²) in [4.78, 5) is 32.0. The van der Waals surface area contributed by atoms with Gasteiger partial charge in [-0.25, -0.2) is 4.98 Å². The number of anilines is 1. The number of hydrogen-bond donors (Lipinski definition) is 1. The van der Waals surface area contributed by atoms with Crippen LogP contribution in [0.1, 0.15) is 16.7 Å². The van der Waals surface area contributed by atoms with Gasteiger partial charge in [0.05, 0.1) is 31.3 Å². The predicted molar refractivity (Wildman–Crippen MR) is 168 cm³/mol. The largest absolute Gasteiger partial charge is 0.497 e. The van der Waals surface area contributed by atoms with E-state index in [0.717, 1.165) is 22.4 Å². The smallest absolute Gasteiger partial charge is 0.278 e. The topological polar surface area (TPSA) is 87.4 Å². The molecule has 1 N–H and O–H groups in total. The van der Waals surface area contributed by atoms with Gasteiger partial charge in [0, 0.05) is 11.8 Å². The third-order valence-corrected chi connectivity index (χ3v) is 8.92. The fourth-order valence-electron chi connectivity index (χ4n) is 4.26. The number of nitrogens with zero attached hydrogens (tertiary/aromatic N) is 3. The average molecular weight is 605 g/mol. The summed E-state index contributed by atoms with van der Waals surface area (Å²) < 4.78 is 15.0. The van der Waals surface area contributed by atoms with Gasteiger partial charge in [0.25, 0.3) is 5.56 Å². The molecule has 3 aromatic carbocycles. The summed E-state index contributed by atoms with van der Waals surface area (Å²) in [5, 5.41) is 3.26. The summed E-state index contributed by atoms with van der Waals surface area (Å²) in [6.07, 6.45) is 0. The van der Waals surface area contributed by atoms with Crippen LogP contribution in [0.15, 0.2) is 70.6 Å². The number of thioether (sulfide) groups is 1. The Morgan fingerprint density at radius 1 is 0.951 bits per heavy atom. The number of rotatable bonds is 8. The standard InChI is InChI=1S/C30H28N4O4S3/c1-17-6-9-20(10-7-17)34-28(36)26-27(33(30(39)41-26)21-11-8-18(2)19(3)14-21)32-29(34)40-16-25(35)31-23-13-12-22(37-4)15-24(23)38-5/h6-15H,16H2,1-5H3,(H,31,35). The molecular weight excluding hydrogens is 577 g/mol. The number of nitrogens with one attached hydrogen (secondary N) is 1. The van der Waals surface area contributed by atoms with E-state index >= 15 is 0 Å². The van der Waals surface area contributed by atoms with Gasteiger partial charge < -0.3 is 14.8 Å². The van der Waals surface area contributed by atoms with Crippen LogP contribution in [-0.2, 0) is 4.79 Å². The third kappa shape index (κ3) is 5.79. The lowest BCUT2D eigenvalue weighted by Crippen LogP contribution is -2.23. The van der Waals surface area contributed by atoms with Crippen molar-refractivity contribution in [1.29, 1.82) is 0 Å². The highest BCUT2D eigenvalue weighted by Crippen LogP contribution is 2.31. The van der Waals surface area contributed by atoms with Crippen LogP contribution in [0.25, 0.3) is 21.7 Å². The highest BCUT2D eigenvalue weighted by molar-refractivity contribution is 7.99. The predicted octanol–water partition coefficient (Wildman–Crippen LogP) is 6.64. The van der Waals surface area contributed by atoms with E-state index in [1.54, 1.807) is 29.9 Å². The Hall–Kier alpha value is -3.93. The second kappa shape index (κ2) is 11.9. The number of fused-ring (bicyclic) bond motifs is 1. The lowest BCUT2D eigenvalue weighted by atomic mass is 10.1. The van der Waals surface area contributed by atoms with E-state index in [1.807, 2.05) is 67.8 Å². The van der Waals surface area contributed by atoms with Gasteiger partial charge in [-0.15, -0.1) is 0 Å². The van der Waals surface area contributed by atoms with E-state index in [9.17, 15) is 9.59 Å². The SMILES string of the molecule is COc1ccc(NC(=O)CSc2nc3c(sc(=S)n3-c3ccc(C)c(C)c3)c(=O)n2-c2ccc(C)cc2)c(OC)c1. The zero-order valence-corrected chi connectivity index (χ0v) is 25.6. The van der Waals surface area contributed by atoms with E-state index in [2.05, 4.69) is 5.32 Å². The first-order chi connectivity index (χ1) is 19.7. The van der Waals surface area contributed by atoms with Gasteiger partial charge >= 0.3 is 0 Å². The Kier molecular flexibility index (Phi) is 8.30. The lowest BCUT2D eigenvalue weighted by Gasteiger charge is -2.14. The van der Waals surface area contributed by atoms with Gasteiger partial charge in [-0.1, -0.05) is 46.9 Å². The van der Waals surface area contributed by atoms with Crippen molar-refractivity contribution in [3.63, 3.8) is 0 Å². The van der Waals surface area contributed by atoms with E-state index in [1.165, 1.54) is 30.2 Å². The van der Waals surface area contributed by atoms with Crippen molar-refractivity contribution in [3.8, 4) is 22.9 Å². The van der Waals surface area contributed by atoms with Crippen LogP contribution in [0.4, 0.5) is 5.69 Å². The van der Waals surface area contributed by atoms with Crippen LogP contribution in [0.3, 0.4) is 0 Å². The second-order valence-electron chi connectivity index (χ2n) is 9.40. The molecule has 1 amide bonds. The van der Waals surface area contributed by atoms with Gasteiger partial charge in [0.1, 0.15) is 16.2 Å². The summed E-state index contributed by atoms with van der Waals surface area (Å²) in [5.41, 5.74) is 5.57. The zero-order valence-electron chi connectivity index (χ0n) is 23.2. The number of benzene rings is 3. The summed E-state index contributed by atoms with van der Waals surface area (Å²) in [5.74, 6) is 0.819. The van der Waals surface area contributed by atoms with Crippen LogP contribution < -0.4 is 20.3 Å². The third-order valence-electron chi connectivity index (χ3n) is 6.63. The van der Waals surface area contributed by atoms with Crippen LogP contribution >= 0.6 is 35.3 Å². The van der Waals surface area contributed by atoms with Gasteiger partial charge in [0.2, 0.25) is 5.91 Å². The van der Waals surface area contributed by atoms with Crippen molar-refractivity contribution in [2.45, 2.75) is 25.9 Å². The fraction of sp³-hybridized carbons (Fsp3) is 0.200. The normalized spacial score (nSPS) is 11.0. The molecule has 210 valence electrons. The maximum atomic E-state index is 14.0.